The summed E-state index contributed by atoms with van der Waals surface area (Å²) in [5.41, 5.74) is 2.89. The van der Waals surface area contributed by atoms with Crippen molar-refractivity contribution in [2.75, 3.05) is 6.54 Å². The average molecular weight is 287 g/mol. The Labute approximate surface area is 126 Å². The van der Waals surface area contributed by atoms with Crippen LogP contribution in [0.2, 0.25) is 0 Å². The molecular weight excluding hydrogens is 265 g/mol. The lowest BCUT2D eigenvalue weighted by molar-refractivity contribution is 0.472. The molecule has 0 heterocycles. The SMILES string of the molecule is CCCNCc1ccc(Oc2ccc(C)c(F)c2)c(C)c1. The standard InChI is InChI=1S/C18H22FNO/c1-4-9-20-12-15-6-8-18(14(3)10-15)21-16-7-5-13(2)17(19)11-16/h5-8,10-11,20H,4,9,12H2,1-3H3. The highest BCUT2D eigenvalue weighted by Crippen LogP contribution is 2.27. The van der Waals surface area contributed by atoms with E-state index in [1.54, 1.807) is 19.1 Å². The molecule has 112 valence electrons. The number of hydrogen-bond donors (Lipinski definition) is 1. The predicted octanol–water partition coefficient (Wildman–Crippen LogP) is 4.73. The summed E-state index contributed by atoms with van der Waals surface area (Å²) in [6.07, 6.45) is 1.12. The van der Waals surface area contributed by atoms with Crippen molar-refractivity contribution in [1.29, 1.82) is 0 Å². The lowest BCUT2D eigenvalue weighted by Gasteiger charge is -2.11. The number of benzene rings is 2. The van der Waals surface area contributed by atoms with Crippen molar-refractivity contribution in [3.8, 4) is 11.5 Å². The van der Waals surface area contributed by atoms with E-state index in [0.29, 0.717) is 11.3 Å². The van der Waals surface area contributed by atoms with Crippen LogP contribution in [0.3, 0.4) is 0 Å². The lowest BCUT2D eigenvalue weighted by atomic mass is 10.1. The van der Waals surface area contributed by atoms with Gasteiger partial charge in [-0.3, -0.25) is 0 Å². The van der Waals surface area contributed by atoms with Crippen molar-refractivity contribution in [2.24, 2.45) is 0 Å². The van der Waals surface area contributed by atoms with Crippen molar-refractivity contribution >= 4 is 0 Å². The summed E-state index contributed by atoms with van der Waals surface area (Å²) in [6.45, 7) is 7.76. The minimum Gasteiger partial charge on any atom is -0.457 e. The molecule has 2 aromatic carbocycles. The fourth-order valence-corrected chi connectivity index (χ4v) is 2.11. The fourth-order valence-electron chi connectivity index (χ4n) is 2.11. The zero-order valence-electron chi connectivity index (χ0n) is 12.9. The topological polar surface area (TPSA) is 21.3 Å². The van der Waals surface area contributed by atoms with E-state index in [1.807, 2.05) is 19.1 Å². The Hall–Kier alpha value is -1.87. The Kier molecular flexibility index (Phi) is 5.34. The van der Waals surface area contributed by atoms with Crippen LogP contribution in [0, 0.1) is 19.7 Å². The lowest BCUT2D eigenvalue weighted by Crippen LogP contribution is -2.13. The highest BCUT2D eigenvalue weighted by molar-refractivity contribution is 5.40. The molecule has 0 spiro atoms. The van der Waals surface area contributed by atoms with Gasteiger partial charge in [0.1, 0.15) is 17.3 Å². The summed E-state index contributed by atoms with van der Waals surface area (Å²) in [4.78, 5) is 0. The largest absolute Gasteiger partial charge is 0.457 e. The Morgan fingerprint density at radius 3 is 2.52 bits per heavy atom. The number of aryl methyl sites for hydroxylation is 2. The van der Waals surface area contributed by atoms with Crippen LogP contribution in [0.1, 0.15) is 30.0 Å². The molecule has 3 heteroatoms. The number of nitrogens with one attached hydrogen (secondary N) is 1. The Morgan fingerprint density at radius 2 is 1.86 bits per heavy atom. The van der Waals surface area contributed by atoms with E-state index in [2.05, 4.69) is 18.3 Å². The number of rotatable bonds is 6. The second kappa shape index (κ2) is 7.23. The molecule has 0 aliphatic carbocycles. The minimum absolute atomic E-state index is 0.245. The molecule has 2 rings (SSSR count). The molecule has 0 bridgehead atoms. The van der Waals surface area contributed by atoms with Crippen LogP contribution in [-0.4, -0.2) is 6.54 Å². The van der Waals surface area contributed by atoms with Crippen LogP contribution in [-0.2, 0) is 6.54 Å². The van der Waals surface area contributed by atoms with Crippen LogP contribution < -0.4 is 10.1 Å². The van der Waals surface area contributed by atoms with E-state index >= 15 is 0 Å². The number of hydrogen-bond acceptors (Lipinski definition) is 2. The van der Waals surface area contributed by atoms with Gasteiger partial charge in [0, 0.05) is 12.6 Å². The fraction of sp³-hybridized carbons (Fsp3) is 0.333. The average Bonchev–Trinajstić information content (AvgIpc) is 2.46. The van der Waals surface area contributed by atoms with Gasteiger partial charge in [-0.15, -0.1) is 0 Å². The molecule has 2 aromatic rings. The molecule has 0 fully saturated rings. The van der Waals surface area contributed by atoms with Crippen molar-refractivity contribution in [2.45, 2.75) is 33.7 Å². The molecule has 1 N–H and O–H groups in total. The van der Waals surface area contributed by atoms with Gasteiger partial charge in [0.05, 0.1) is 0 Å². The third kappa shape index (κ3) is 4.30. The molecule has 2 nitrogen and oxygen atoms in total. The van der Waals surface area contributed by atoms with Crippen molar-refractivity contribution in [3.63, 3.8) is 0 Å². The van der Waals surface area contributed by atoms with E-state index in [4.69, 9.17) is 4.74 Å². The molecule has 0 aliphatic rings. The van der Waals surface area contributed by atoms with Crippen LogP contribution in [0.5, 0.6) is 11.5 Å². The molecule has 0 radical (unpaired) electrons. The molecule has 0 aliphatic heterocycles. The zero-order valence-corrected chi connectivity index (χ0v) is 12.9. The molecule has 0 saturated heterocycles. The third-order valence-electron chi connectivity index (χ3n) is 3.37. The van der Waals surface area contributed by atoms with Crippen molar-refractivity contribution in [3.05, 3.63) is 58.9 Å². The molecule has 0 aromatic heterocycles. The maximum absolute atomic E-state index is 13.5. The molecular formula is C18H22FNO. The minimum atomic E-state index is -0.245. The first kappa shape index (κ1) is 15.5. The molecule has 21 heavy (non-hydrogen) atoms. The quantitative estimate of drug-likeness (QED) is 0.775. The van der Waals surface area contributed by atoms with Gasteiger partial charge >= 0.3 is 0 Å². The molecule has 0 atom stereocenters. The summed E-state index contributed by atoms with van der Waals surface area (Å²) in [5, 5.41) is 3.37. The first-order valence-electron chi connectivity index (χ1n) is 7.34. The van der Waals surface area contributed by atoms with Crippen LogP contribution in [0.15, 0.2) is 36.4 Å². The van der Waals surface area contributed by atoms with Crippen LogP contribution >= 0.6 is 0 Å². The monoisotopic (exact) mass is 287 g/mol. The Balaban J connectivity index is 2.08. The van der Waals surface area contributed by atoms with Gasteiger partial charge in [0.15, 0.2) is 0 Å². The molecule has 0 unspecified atom stereocenters. The molecule has 0 saturated carbocycles. The third-order valence-corrected chi connectivity index (χ3v) is 3.37. The van der Waals surface area contributed by atoms with Gasteiger partial charge in [-0.1, -0.05) is 25.1 Å². The normalized spacial score (nSPS) is 10.7. The van der Waals surface area contributed by atoms with Gasteiger partial charge in [-0.2, -0.15) is 0 Å². The van der Waals surface area contributed by atoms with Gasteiger partial charge in [-0.25, -0.2) is 4.39 Å². The smallest absolute Gasteiger partial charge is 0.130 e. The summed E-state index contributed by atoms with van der Waals surface area (Å²) >= 11 is 0. The summed E-state index contributed by atoms with van der Waals surface area (Å²) in [5.74, 6) is 1.04. The Bertz CT molecular complexity index is 610. The van der Waals surface area contributed by atoms with E-state index < -0.39 is 0 Å². The summed E-state index contributed by atoms with van der Waals surface area (Å²) in [6, 6.07) is 11.0. The maximum Gasteiger partial charge on any atom is 0.130 e. The summed E-state index contributed by atoms with van der Waals surface area (Å²) < 4.78 is 19.3. The Morgan fingerprint density at radius 1 is 1.05 bits per heavy atom. The van der Waals surface area contributed by atoms with E-state index in [1.165, 1.54) is 11.6 Å². The number of ether oxygens (including phenoxy) is 1. The van der Waals surface area contributed by atoms with Crippen molar-refractivity contribution in [1.82, 2.24) is 5.32 Å². The van der Waals surface area contributed by atoms with E-state index in [-0.39, 0.29) is 5.82 Å². The highest BCUT2D eigenvalue weighted by atomic mass is 19.1. The van der Waals surface area contributed by atoms with E-state index in [0.717, 1.165) is 30.8 Å². The van der Waals surface area contributed by atoms with Gasteiger partial charge in [-0.05, 0) is 55.6 Å². The van der Waals surface area contributed by atoms with Crippen LogP contribution in [0.25, 0.3) is 0 Å². The van der Waals surface area contributed by atoms with Crippen LogP contribution in [0.4, 0.5) is 4.39 Å². The van der Waals surface area contributed by atoms with Gasteiger partial charge in [0.2, 0.25) is 0 Å². The highest BCUT2D eigenvalue weighted by Gasteiger charge is 2.05. The van der Waals surface area contributed by atoms with E-state index in [9.17, 15) is 4.39 Å². The predicted molar refractivity (Wildman–Crippen MR) is 84.4 cm³/mol. The van der Waals surface area contributed by atoms with Gasteiger partial charge in [0.25, 0.3) is 0 Å². The second-order valence-corrected chi connectivity index (χ2v) is 5.29. The first-order valence-corrected chi connectivity index (χ1v) is 7.34. The molecule has 0 amide bonds. The van der Waals surface area contributed by atoms with Gasteiger partial charge < -0.3 is 10.1 Å². The second-order valence-electron chi connectivity index (χ2n) is 5.29. The summed E-state index contributed by atoms with van der Waals surface area (Å²) in [7, 11) is 0. The maximum atomic E-state index is 13.5. The van der Waals surface area contributed by atoms with Crippen molar-refractivity contribution < 1.29 is 9.13 Å². The number of halogens is 1. The zero-order chi connectivity index (χ0) is 15.2. The first-order chi connectivity index (χ1) is 10.1.